The molecule has 0 unspecified atom stereocenters. The van der Waals surface area contributed by atoms with Crippen LogP contribution in [-0.4, -0.2) is 15.0 Å². The molecule has 0 bridgehead atoms. The molecule has 0 fully saturated rings. The third kappa shape index (κ3) is 4.62. The van der Waals surface area contributed by atoms with Gasteiger partial charge < -0.3 is 0 Å². The van der Waals surface area contributed by atoms with Crippen molar-refractivity contribution in [1.82, 2.24) is 15.0 Å². The second-order valence-electron chi connectivity index (χ2n) is 14.0. The Morgan fingerprint density at radius 1 is 0.373 bits per heavy atom. The summed E-state index contributed by atoms with van der Waals surface area (Å²) in [6.07, 6.45) is 0. The summed E-state index contributed by atoms with van der Waals surface area (Å²) in [4.78, 5) is 15.5. The lowest BCUT2D eigenvalue weighted by molar-refractivity contribution is 0.666. The second-order valence-corrected chi connectivity index (χ2v) is 14.0. The van der Waals surface area contributed by atoms with Crippen molar-refractivity contribution in [3.05, 3.63) is 175 Å². The zero-order valence-electron chi connectivity index (χ0n) is 28.4. The van der Waals surface area contributed by atoms with E-state index in [4.69, 9.17) is 15.0 Å². The molecule has 0 N–H and O–H groups in total. The minimum atomic E-state index is -0.135. The van der Waals surface area contributed by atoms with Gasteiger partial charge in [0.15, 0.2) is 5.82 Å². The van der Waals surface area contributed by atoms with Gasteiger partial charge in [0.1, 0.15) is 0 Å². The number of rotatable bonds is 4. The van der Waals surface area contributed by atoms with Crippen LogP contribution in [0.3, 0.4) is 0 Å². The van der Waals surface area contributed by atoms with Crippen LogP contribution in [0, 0.1) is 0 Å². The number of benzene rings is 7. The molecule has 7 aromatic carbocycles. The van der Waals surface area contributed by atoms with Gasteiger partial charge in [-0.05, 0) is 50.9 Å². The third-order valence-electron chi connectivity index (χ3n) is 10.7. The van der Waals surface area contributed by atoms with Gasteiger partial charge in [0.05, 0.1) is 22.4 Å². The van der Waals surface area contributed by atoms with Crippen LogP contribution in [0.15, 0.2) is 164 Å². The maximum atomic E-state index is 5.29. The minimum absolute atomic E-state index is 0.135. The number of pyridine rings is 1. The van der Waals surface area contributed by atoms with E-state index < -0.39 is 0 Å². The molecule has 0 amide bonds. The standard InChI is InChI=1S/C48H33N3/c1-48(2)40-17-9-6-14-35(40)36-28-29-39-43(44(36)48)37-15-7-10-18-41(37)49-46(39)33-24-26-34(27-25-33)47-50-42-19-11-8-16-38(42)45(51-47)32-22-20-31(21-23-32)30-12-4-3-5-13-30/h3-29H,1-2H3. The van der Waals surface area contributed by atoms with Crippen LogP contribution in [0.4, 0.5) is 0 Å². The van der Waals surface area contributed by atoms with E-state index in [0.717, 1.165) is 44.5 Å². The summed E-state index contributed by atoms with van der Waals surface area (Å²) in [7, 11) is 0. The number of fused-ring (bicyclic) bond motifs is 8. The van der Waals surface area contributed by atoms with E-state index in [1.54, 1.807) is 0 Å². The minimum Gasteiger partial charge on any atom is -0.247 e. The number of hydrogen-bond donors (Lipinski definition) is 0. The smallest absolute Gasteiger partial charge is 0.160 e. The molecule has 51 heavy (non-hydrogen) atoms. The van der Waals surface area contributed by atoms with E-state index >= 15 is 0 Å². The molecule has 1 aliphatic rings. The Labute approximate surface area is 297 Å². The molecule has 0 radical (unpaired) electrons. The highest BCUT2D eigenvalue weighted by molar-refractivity contribution is 6.15. The van der Waals surface area contributed by atoms with Gasteiger partial charge in [-0.25, -0.2) is 15.0 Å². The topological polar surface area (TPSA) is 38.7 Å². The molecule has 0 atom stereocenters. The van der Waals surface area contributed by atoms with Crippen molar-refractivity contribution in [2.45, 2.75) is 19.3 Å². The number of aromatic nitrogens is 3. The summed E-state index contributed by atoms with van der Waals surface area (Å²) >= 11 is 0. The SMILES string of the molecule is CC1(C)c2ccccc2-c2ccc3c(-c4ccc(-c5nc(-c6ccc(-c7ccccc7)cc6)c6ccccc6n5)cc4)nc4ccccc4c3c21. The second kappa shape index (κ2) is 11.3. The molecular formula is C48H33N3. The molecule has 0 saturated heterocycles. The maximum absolute atomic E-state index is 5.29. The van der Waals surface area contributed by atoms with E-state index in [1.165, 1.54) is 49.5 Å². The lowest BCUT2D eigenvalue weighted by atomic mass is 9.79. The molecule has 2 aromatic heterocycles. The number of hydrogen-bond acceptors (Lipinski definition) is 3. The van der Waals surface area contributed by atoms with Crippen molar-refractivity contribution in [3.8, 4) is 56.2 Å². The summed E-state index contributed by atoms with van der Waals surface area (Å²) < 4.78 is 0. The normalized spacial score (nSPS) is 13.1. The van der Waals surface area contributed by atoms with Crippen molar-refractivity contribution in [3.63, 3.8) is 0 Å². The van der Waals surface area contributed by atoms with Crippen LogP contribution in [0.5, 0.6) is 0 Å². The molecule has 9 aromatic rings. The van der Waals surface area contributed by atoms with Gasteiger partial charge in [0.25, 0.3) is 0 Å². The molecule has 2 heterocycles. The fourth-order valence-corrected chi connectivity index (χ4v) is 8.19. The predicted octanol–water partition coefficient (Wildman–Crippen LogP) is 12.3. The van der Waals surface area contributed by atoms with Crippen molar-refractivity contribution in [2.24, 2.45) is 0 Å². The molecule has 0 spiro atoms. The Balaban J connectivity index is 1.10. The first-order valence-corrected chi connectivity index (χ1v) is 17.5. The van der Waals surface area contributed by atoms with E-state index in [2.05, 4.69) is 166 Å². The van der Waals surface area contributed by atoms with E-state index in [1.807, 2.05) is 12.1 Å². The van der Waals surface area contributed by atoms with Gasteiger partial charge in [-0.1, -0.05) is 166 Å². The van der Waals surface area contributed by atoms with Crippen LogP contribution < -0.4 is 0 Å². The van der Waals surface area contributed by atoms with Crippen LogP contribution >= 0.6 is 0 Å². The zero-order valence-corrected chi connectivity index (χ0v) is 28.4. The molecule has 1 aliphatic carbocycles. The average molecular weight is 652 g/mol. The maximum Gasteiger partial charge on any atom is 0.160 e. The summed E-state index contributed by atoms with van der Waals surface area (Å²) in [6.45, 7) is 4.71. The van der Waals surface area contributed by atoms with Crippen LogP contribution in [0.2, 0.25) is 0 Å². The summed E-state index contributed by atoms with van der Waals surface area (Å²) in [5.41, 5.74) is 14.6. The first-order valence-electron chi connectivity index (χ1n) is 17.5. The zero-order chi connectivity index (χ0) is 34.1. The summed E-state index contributed by atoms with van der Waals surface area (Å²) in [5.74, 6) is 0.705. The van der Waals surface area contributed by atoms with Crippen molar-refractivity contribution in [2.75, 3.05) is 0 Å². The number of para-hydroxylation sites is 2. The van der Waals surface area contributed by atoms with Gasteiger partial charge in [-0.3, -0.25) is 0 Å². The van der Waals surface area contributed by atoms with E-state index in [0.29, 0.717) is 5.82 Å². The molecular weight excluding hydrogens is 619 g/mol. The van der Waals surface area contributed by atoms with Gasteiger partial charge >= 0.3 is 0 Å². The average Bonchev–Trinajstić information content (AvgIpc) is 3.43. The molecule has 240 valence electrons. The fraction of sp³-hybridized carbons (Fsp3) is 0.0625. The van der Waals surface area contributed by atoms with Crippen LogP contribution in [0.25, 0.3) is 88.7 Å². The van der Waals surface area contributed by atoms with Gasteiger partial charge in [-0.2, -0.15) is 0 Å². The highest BCUT2D eigenvalue weighted by atomic mass is 14.9. The molecule has 0 aliphatic heterocycles. The van der Waals surface area contributed by atoms with Gasteiger partial charge in [-0.15, -0.1) is 0 Å². The Hall–Kier alpha value is -6.45. The van der Waals surface area contributed by atoms with Crippen LogP contribution in [0.1, 0.15) is 25.0 Å². The lowest BCUT2D eigenvalue weighted by Crippen LogP contribution is -2.15. The van der Waals surface area contributed by atoms with E-state index in [9.17, 15) is 0 Å². The first-order chi connectivity index (χ1) is 25.0. The first kappa shape index (κ1) is 29.5. The van der Waals surface area contributed by atoms with E-state index in [-0.39, 0.29) is 5.41 Å². The van der Waals surface area contributed by atoms with Crippen molar-refractivity contribution >= 4 is 32.6 Å². The Morgan fingerprint density at radius 3 is 1.67 bits per heavy atom. The quantitative estimate of drug-likeness (QED) is 0.178. The highest BCUT2D eigenvalue weighted by Gasteiger charge is 2.37. The Bertz CT molecular complexity index is 2800. The van der Waals surface area contributed by atoms with Gasteiger partial charge in [0.2, 0.25) is 0 Å². The van der Waals surface area contributed by atoms with Crippen molar-refractivity contribution < 1.29 is 0 Å². The monoisotopic (exact) mass is 651 g/mol. The van der Waals surface area contributed by atoms with Gasteiger partial charge in [0, 0.05) is 38.3 Å². The fourth-order valence-electron chi connectivity index (χ4n) is 8.19. The third-order valence-corrected chi connectivity index (χ3v) is 10.7. The Morgan fingerprint density at radius 2 is 0.922 bits per heavy atom. The Kier molecular flexibility index (Phi) is 6.53. The van der Waals surface area contributed by atoms with Crippen LogP contribution in [-0.2, 0) is 5.41 Å². The molecule has 10 rings (SSSR count). The lowest BCUT2D eigenvalue weighted by Gasteiger charge is -2.24. The highest BCUT2D eigenvalue weighted by Crippen LogP contribution is 2.53. The van der Waals surface area contributed by atoms with Crippen molar-refractivity contribution in [1.29, 1.82) is 0 Å². The molecule has 3 heteroatoms. The predicted molar refractivity (Wildman–Crippen MR) is 212 cm³/mol. The largest absolute Gasteiger partial charge is 0.247 e. The summed E-state index contributed by atoms with van der Waals surface area (Å²) in [5, 5.41) is 4.69. The molecule has 3 nitrogen and oxygen atoms in total. The number of nitrogens with zero attached hydrogens (tertiary/aromatic N) is 3. The summed E-state index contributed by atoms with van der Waals surface area (Å²) in [6, 6.07) is 58.0. The molecule has 0 saturated carbocycles.